The van der Waals surface area contributed by atoms with Crippen molar-refractivity contribution in [2.24, 2.45) is 0 Å². The zero-order valence-corrected chi connectivity index (χ0v) is 13.3. The normalized spacial score (nSPS) is 12.0. The minimum Gasteiger partial charge on any atom is -0.389 e. The monoisotopic (exact) mass is 321 g/mol. The average molecular weight is 322 g/mol. The number of carbonyl (C=O) groups is 1. The Morgan fingerprint density at radius 1 is 1.24 bits per heavy atom. The van der Waals surface area contributed by atoms with Crippen LogP contribution in [0.2, 0.25) is 5.02 Å². The second-order valence-corrected chi connectivity index (χ2v) is 6.20. The number of nitrogens with one attached hydrogen (secondary N) is 1. The van der Waals surface area contributed by atoms with Gasteiger partial charge in [-0.25, -0.2) is 0 Å². The standard InChI is InChI=1S/C16H16ClNO2S/c1-10(19)12-3-8-16(15(17)9-12)21-14-6-4-13(5-7-14)18-11(2)20/h3-10,19H,1-2H3,(H,18,20)/t10-/m1/s1. The average Bonchev–Trinajstić information content (AvgIpc) is 2.42. The lowest BCUT2D eigenvalue weighted by Gasteiger charge is -2.09. The molecular weight excluding hydrogens is 306 g/mol. The van der Waals surface area contributed by atoms with Gasteiger partial charge in [0.15, 0.2) is 0 Å². The maximum Gasteiger partial charge on any atom is 0.221 e. The van der Waals surface area contributed by atoms with Crippen molar-refractivity contribution in [3.63, 3.8) is 0 Å². The van der Waals surface area contributed by atoms with Gasteiger partial charge in [-0.3, -0.25) is 4.79 Å². The molecule has 0 unspecified atom stereocenters. The number of benzene rings is 2. The van der Waals surface area contributed by atoms with E-state index in [1.54, 1.807) is 13.0 Å². The van der Waals surface area contributed by atoms with Gasteiger partial charge in [-0.1, -0.05) is 29.4 Å². The topological polar surface area (TPSA) is 49.3 Å². The second-order valence-electron chi connectivity index (χ2n) is 4.67. The van der Waals surface area contributed by atoms with Crippen LogP contribution in [0.5, 0.6) is 0 Å². The molecule has 1 amide bonds. The van der Waals surface area contributed by atoms with Crippen molar-refractivity contribution < 1.29 is 9.90 Å². The van der Waals surface area contributed by atoms with Crippen LogP contribution in [-0.2, 0) is 4.79 Å². The first-order chi connectivity index (χ1) is 9.95. The Morgan fingerprint density at radius 3 is 2.43 bits per heavy atom. The zero-order chi connectivity index (χ0) is 15.4. The summed E-state index contributed by atoms with van der Waals surface area (Å²) in [6.07, 6.45) is -0.529. The van der Waals surface area contributed by atoms with Gasteiger partial charge in [-0.15, -0.1) is 0 Å². The van der Waals surface area contributed by atoms with Crippen LogP contribution in [0, 0.1) is 0 Å². The first kappa shape index (κ1) is 15.9. The van der Waals surface area contributed by atoms with Gasteiger partial charge in [0, 0.05) is 22.4 Å². The van der Waals surface area contributed by atoms with Gasteiger partial charge in [0.25, 0.3) is 0 Å². The van der Waals surface area contributed by atoms with Crippen molar-refractivity contribution in [1.82, 2.24) is 0 Å². The maximum atomic E-state index is 11.0. The summed E-state index contributed by atoms with van der Waals surface area (Å²) >= 11 is 7.77. The van der Waals surface area contributed by atoms with E-state index in [4.69, 9.17) is 11.6 Å². The Kier molecular flexibility index (Phi) is 5.28. The fraction of sp³-hybridized carbons (Fsp3) is 0.188. The number of aliphatic hydroxyl groups is 1. The SMILES string of the molecule is CC(=O)Nc1ccc(Sc2ccc([C@@H](C)O)cc2Cl)cc1. The molecule has 0 aliphatic rings. The number of anilines is 1. The van der Waals surface area contributed by atoms with E-state index >= 15 is 0 Å². The van der Waals surface area contributed by atoms with Crippen LogP contribution in [0.25, 0.3) is 0 Å². The Bertz CT molecular complexity index is 641. The van der Waals surface area contributed by atoms with Gasteiger partial charge in [-0.05, 0) is 48.9 Å². The summed E-state index contributed by atoms with van der Waals surface area (Å²) in [6, 6.07) is 13.1. The van der Waals surface area contributed by atoms with Crippen LogP contribution in [0.4, 0.5) is 5.69 Å². The number of halogens is 1. The first-order valence-corrected chi connectivity index (χ1v) is 7.68. The van der Waals surface area contributed by atoms with Crippen LogP contribution in [-0.4, -0.2) is 11.0 Å². The molecule has 1 atom stereocenters. The Hall–Kier alpha value is -1.49. The third kappa shape index (κ3) is 4.49. The van der Waals surface area contributed by atoms with E-state index in [0.29, 0.717) is 5.02 Å². The van der Waals surface area contributed by atoms with Crippen LogP contribution >= 0.6 is 23.4 Å². The van der Waals surface area contributed by atoms with E-state index < -0.39 is 6.10 Å². The first-order valence-electron chi connectivity index (χ1n) is 6.48. The molecular formula is C16H16ClNO2S. The quantitative estimate of drug-likeness (QED) is 0.871. The molecule has 21 heavy (non-hydrogen) atoms. The molecule has 0 saturated heterocycles. The molecule has 0 fully saturated rings. The van der Waals surface area contributed by atoms with Crippen molar-refractivity contribution in [2.45, 2.75) is 29.7 Å². The lowest BCUT2D eigenvalue weighted by Crippen LogP contribution is -2.05. The molecule has 2 rings (SSSR count). The number of amides is 1. The maximum absolute atomic E-state index is 11.0. The molecule has 0 aliphatic carbocycles. The molecule has 2 N–H and O–H groups in total. The zero-order valence-electron chi connectivity index (χ0n) is 11.8. The number of carbonyl (C=O) groups excluding carboxylic acids is 1. The van der Waals surface area contributed by atoms with E-state index in [2.05, 4.69) is 5.32 Å². The second kappa shape index (κ2) is 6.98. The Balaban J connectivity index is 2.13. The van der Waals surface area contributed by atoms with Gasteiger partial charge in [-0.2, -0.15) is 0 Å². The van der Waals surface area contributed by atoms with Crippen molar-refractivity contribution in [2.75, 3.05) is 5.32 Å². The Morgan fingerprint density at radius 2 is 1.90 bits per heavy atom. The summed E-state index contributed by atoms with van der Waals surface area (Å²) in [6.45, 7) is 3.19. The van der Waals surface area contributed by atoms with Gasteiger partial charge >= 0.3 is 0 Å². The summed E-state index contributed by atoms with van der Waals surface area (Å²) in [4.78, 5) is 12.9. The molecule has 3 nitrogen and oxygen atoms in total. The van der Waals surface area contributed by atoms with Crippen LogP contribution < -0.4 is 5.32 Å². The smallest absolute Gasteiger partial charge is 0.221 e. The lowest BCUT2D eigenvalue weighted by atomic mass is 10.1. The molecule has 5 heteroatoms. The number of aliphatic hydroxyl groups excluding tert-OH is 1. The third-order valence-corrected chi connectivity index (χ3v) is 4.35. The van der Waals surface area contributed by atoms with E-state index in [9.17, 15) is 9.90 Å². The van der Waals surface area contributed by atoms with Crippen LogP contribution in [0.3, 0.4) is 0 Å². The van der Waals surface area contributed by atoms with Crippen LogP contribution in [0.1, 0.15) is 25.5 Å². The predicted octanol–water partition coefficient (Wildman–Crippen LogP) is 4.50. The highest BCUT2D eigenvalue weighted by Crippen LogP contribution is 2.35. The number of hydrogen-bond donors (Lipinski definition) is 2. The van der Waals surface area contributed by atoms with Gasteiger partial charge in [0.1, 0.15) is 0 Å². The molecule has 2 aromatic rings. The number of rotatable bonds is 4. The van der Waals surface area contributed by atoms with E-state index in [0.717, 1.165) is 21.0 Å². The van der Waals surface area contributed by atoms with Crippen molar-refractivity contribution in [3.05, 3.63) is 53.1 Å². The van der Waals surface area contributed by atoms with E-state index in [1.807, 2.05) is 36.4 Å². The fourth-order valence-corrected chi connectivity index (χ4v) is 2.92. The van der Waals surface area contributed by atoms with Gasteiger partial charge in [0.05, 0.1) is 11.1 Å². The molecule has 0 radical (unpaired) electrons. The molecule has 0 aromatic heterocycles. The molecule has 0 saturated carbocycles. The van der Waals surface area contributed by atoms with Gasteiger partial charge in [0.2, 0.25) is 5.91 Å². The largest absolute Gasteiger partial charge is 0.389 e. The molecule has 0 heterocycles. The minimum absolute atomic E-state index is 0.0906. The van der Waals surface area contributed by atoms with E-state index in [-0.39, 0.29) is 5.91 Å². The summed E-state index contributed by atoms with van der Waals surface area (Å²) < 4.78 is 0. The van der Waals surface area contributed by atoms with Crippen molar-refractivity contribution in [1.29, 1.82) is 0 Å². The summed E-state index contributed by atoms with van der Waals surface area (Å²) in [5, 5.41) is 12.9. The molecule has 0 bridgehead atoms. The number of hydrogen-bond acceptors (Lipinski definition) is 3. The minimum atomic E-state index is -0.529. The molecule has 2 aromatic carbocycles. The summed E-state index contributed by atoms with van der Waals surface area (Å²) in [7, 11) is 0. The lowest BCUT2D eigenvalue weighted by molar-refractivity contribution is -0.114. The van der Waals surface area contributed by atoms with E-state index in [1.165, 1.54) is 18.7 Å². The molecule has 0 aliphatic heterocycles. The molecule has 110 valence electrons. The molecule has 0 spiro atoms. The Labute approximate surface area is 133 Å². The fourth-order valence-electron chi connectivity index (χ4n) is 1.80. The van der Waals surface area contributed by atoms with Crippen molar-refractivity contribution in [3.8, 4) is 0 Å². The van der Waals surface area contributed by atoms with Crippen LogP contribution in [0.15, 0.2) is 52.3 Å². The summed E-state index contributed by atoms with van der Waals surface area (Å²) in [5.41, 5.74) is 1.56. The van der Waals surface area contributed by atoms with Crippen molar-refractivity contribution >= 4 is 35.0 Å². The highest BCUT2D eigenvalue weighted by molar-refractivity contribution is 7.99. The highest BCUT2D eigenvalue weighted by atomic mass is 35.5. The highest BCUT2D eigenvalue weighted by Gasteiger charge is 2.07. The predicted molar refractivity (Wildman–Crippen MR) is 87.0 cm³/mol. The summed E-state index contributed by atoms with van der Waals surface area (Å²) in [5.74, 6) is -0.0906. The van der Waals surface area contributed by atoms with Gasteiger partial charge < -0.3 is 10.4 Å². The third-order valence-electron chi connectivity index (χ3n) is 2.84.